The van der Waals surface area contributed by atoms with E-state index in [1.165, 1.54) is 54.6 Å². The molecule has 220 valence electrons. The van der Waals surface area contributed by atoms with E-state index in [2.05, 4.69) is 10.6 Å². The number of urea groups is 1. The summed E-state index contributed by atoms with van der Waals surface area (Å²) in [5.41, 5.74) is 0.330. The molecule has 11 heteroatoms. The standard InChI is InChI=1S/C33H24N2O7S2/c36-33(34-27-12-7-13-28(22-27)41-43(37,38)29-18-16-23-8-1-3-10-25(23)20-29)35-31-14-5-6-15-32(31)42-44(39,40)30-19-17-24-9-2-4-11-26(24)21-30/h1-22H,(H2,34,35,36). The maximum absolute atomic E-state index is 13.1. The normalized spacial score (nSPS) is 11.6. The van der Waals surface area contributed by atoms with Crippen molar-refractivity contribution in [3.8, 4) is 11.5 Å². The van der Waals surface area contributed by atoms with E-state index in [0.29, 0.717) is 0 Å². The summed E-state index contributed by atoms with van der Waals surface area (Å²) < 4.78 is 62.8. The molecule has 0 radical (unpaired) electrons. The average molecular weight is 625 g/mol. The van der Waals surface area contributed by atoms with Crippen molar-refractivity contribution in [3.05, 3.63) is 133 Å². The van der Waals surface area contributed by atoms with Crippen LogP contribution in [-0.4, -0.2) is 22.9 Å². The lowest BCUT2D eigenvalue weighted by Crippen LogP contribution is -2.20. The molecule has 0 atom stereocenters. The van der Waals surface area contributed by atoms with Crippen molar-refractivity contribution in [1.29, 1.82) is 0 Å². The Morgan fingerprint density at radius 3 is 1.68 bits per heavy atom. The fourth-order valence-corrected chi connectivity index (χ4v) is 6.48. The number of para-hydroxylation sites is 2. The average Bonchev–Trinajstić information content (AvgIpc) is 3.01. The first-order chi connectivity index (χ1) is 21.2. The molecule has 0 heterocycles. The Kier molecular flexibility index (Phi) is 7.64. The molecule has 0 saturated carbocycles. The summed E-state index contributed by atoms with van der Waals surface area (Å²) in [5, 5.41) is 8.42. The Morgan fingerprint density at radius 1 is 0.500 bits per heavy atom. The van der Waals surface area contributed by atoms with Gasteiger partial charge in [0.05, 0.1) is 5.69 Å². The van der Waals surface area contributed by atoms with E-state index in [9.17, 15) is 21.6 Å². The SMILES string of the molecule is O=C(Nc1cccc(OS(=O)(=O)c2ccc3ccccc3c2)c1)Nc1ccccc1OS(=O)(=O)c1ccc2ccccc2c1. The van der Waals surface area contributed by atoms with Crippen molar-refractivity contribution in [3.63, 3.8) is 0 Å². The maximum Gasteiger partial charge on any atom is 0.339 e. The molecule has 0 aromatic heterocycles. The molecule has 2 N–H and O–H groups in total. The molecule has 0 spiro atoms. The number of anilines is 2. The zero-order valence-electron chi connectivity index (χ0n) is 22.9. The van der Waals surface area contributed by atoms with Crippen LogP contribution < -0.4 is 19.0 Å². The van der Waals surface area contributed by atoms with Crippen LogP contribution in [0, 0.1) is 0 Å². The van der Waals surface area contributed by atoms with E-state index in [0.717, 1.165) is 21.5 Å². The monoisotopic (exact) mass is 624 g/mol. The summed E-state index contributed by atoms with van der Waals surface area (Å²) >= 11 is 0. The predicted octanol–water partition coefficient (Wildman–Crippen LogP) is 7.17. The van der Waals surface area contributed by atoms with Gasteiger partial charge in [0.1, 0.15) is 15.5 Å². The van der Waals surface area contributed by atoms with Crippen LogP contribution in [0.1, 0.15) is 0 Å². The van der Waals surface area contributed by atoms with Gasteiger partial charge in [-0.25, -0.2) is 4.79 Å². The van der Waals surface area contributed by atoms with Gasteiger partial charge in [0.25, 0.3) is 0 Å². The number of carbonyl (C=O) groups excluding carboxylic acids is 1. The molecule has 0 unspecified atom stereocenters. The maximum atomic E-state index is 13.1. The molecule has 44 heavy (non-hydrogen) atoms. The molecule has 0 aliphatic carbocycles. The zero-order chi connectivity index (χ0) is 30.7. The predicted molar refractivity (Wildman–Crippen MR) is 169 cm³/mol. The minimum atomic E-state index is -4.23. The van der Waals surface area contributed by atoms with Gasteiger partial charge in [0, 0.05) is 11.8 Å². The van der Waals surface area contributed by atoms with Gasteiger partial charge in [0.2, 0.25) is 0 Å². The van der Waals surface area contributed by atoms with Gasteiger partial charge in [-0.1, -0.05) is 78.9 Å². The first kappa shape index (κ1) is 28.7. The largest absolute Gasteiger partial charge is 0.379 e. The first-order valence-corrected chi connectivity index (χ1v) is 16.1. The van der Waals surface area contributed by atoms with Crippen LogP contribution in [0.15, 0.2) is 143 Å². The molecule has 9 nitrogen and oxygen atoms in total. The van der Waals surface area contributed by atoms with E-state index < -0.39 is 26.3 Å². The molecule has 0 fully saturated rings. The molecule has 6 aromatic rings. The molecule has 0 bridgehead atoms. The van der Waals surface area contributed by atoms with E-state index >= 15 is 0 Å². The number of amides is 2. The van der Waals surface area contributed by atoms with Crippen LogP contribution >= 0.6 is 0 Å². The van der Waals surface area contributed by atoms with E-state index in [1.807, 2.05) is 36.4 Å². The summed E-state index contributed by atoms with van der Waals surface area (Å²) in [5.74, 6) is -0.101. The Balaban J connectivity index is 1.15. The summed E-state index contributed by atoms with van der Waals surface area (Å²) in [6.07, 6.45) is 0. The lowest BCUT2D eigenvalue weighted by Gasteiger charge is -2.14. The Morgan fingerprint density at radius 2 is 1.05 bits per heavy atom. The van der Waals surface area contributed by atoms with E-state index in [-0.39, 0.29) is 32.7 Å². The van der Waals surface area contributed by atoms with Gasteiger partial charge in [-0.3, -0.25) is 0 Å². The van der Waals surface area contributed by atoms with Crippen LogP contribution in [-0.2, 0) is 20.2 Å². The molecule has 0 saturated heterocycles. The number of benzene rings is 6. The van der Waals surface area contributed by atoms with Crippen molar-refractivity contribution >= 4 is 59.2 Å². The number of nitrogens with one attached hydrogen (secondary N) is 2. The summed E-state index contributed by atoms with van der Waals surface area (Å²) in [7, 11) is -8.38. The highest BCUT2D eigenvalue weighted by molar-refractivity contribution is 7.87. The van der Waals surface area contributed by atoms with Crippen molar-refractivity contribution in [1.82, 2.24) is 0 Å². The van der Waals surface area contributed by atoms with Crippen molar-refractivity contribution < 1.29 is 30.0 Å². The van der Waals surface area contributed by atoms with Gasteiger partial charge in [-0.05, 0) is 70.1 Å². The molecule has 0 aliphatic heterocycles. The lowest BCUT2D eigenvalue weighted by molar-refractivity contribution is 0.262. The minimum Gasteiger partial charge on any atom is -0.379 e. The van der Waals surface area contributed by atoms with Crippen molar-refractivity contribution in [2.24, 2.45) is 0 Å². The molecular formula is C33H24N2O7S2. The van der Waals surface area contributed by atoms with Gasteiger partial charge >= 0.3 is 26.3 Å². The number of fused-ring (bicyclic) bond motifs is 2. The van der Waals surface area contributed by atoms with Crippen LogP contribution in [0.2, 0.25) is 0 Å². The molecule has 0 aliphatic rings. The molecule has 2 amide bonds. The van der Waals surface area contributed by atoms with E-state index in [4.69, 9.17) is 8.37 Å². The fraction of sp³-hybridized carbons (Fsp3) is 0. The lowest BCUT2D eigenvalue weighted by atomic mass is 10.1. The highest BCUT2D eigenvalue weighted by atomic mass is 32.2. The highest BCUT2D eigenvalue weighted by Gasteiger charge is 2.21. The van der Waals surface area contributed by atoms with Crippen LogP contribution in [0.4, 0.5) is 16.2 Å². The first-order valence-electron chi connectivity index (χ1n) is 13.3. The number of hydrogen-bond acceptors (Lipinski definition) is 7. The van der Waals surface area contributed by atoms with Gasteiger partial charge in [0.15, 0.2) is 5.75 Å². The zero-order valence-corrected chi connectivity index (χ0v) is 24.5. The Labute approximate surface area is 253 Å². The second kappa shape index (κ2) is 11.7. The quantitative estimate of drug-likeness (QED) is 0.172. The molecule has 6 rings (SSSR count). The Bertz CT molecular complexity index is 2250. The minimum absolute atomic E-state index is 0.0115. The summed E-state index contributed by atoms with van der Waals surface area (Å²) in [4.78, 5) is 12.8. The third-order valence-corrected chi connectivity index (χ3v) is 9.13. The number of hydrogen-bond donors (Lipinski definition) is 2. The van der Waals surface area contributed by atoms with Crippen LogP contribution in [0.5, 0.6) is 11.5 Å². The van der Waals surface area contributed by atoms with Crippen LogP contribution in [0.3, 0.4) is 0 Å². The Hall–Kier alpha value is -5.39. The number of carbonyl (C=O) groups is 1. The topological polar surface area (TPSA) is 128 Å². The van der Waals surface area contributed by atoms with E-state index in [1.54, 1.807) is 42.5 Å². The summed E-state index contributed by atoms with van der Waals surface area (Å²) in [6.45, 7) is 0. The molecular weight excluding hydrogens is 601 g/mol. The van der Waals surface area contributed by atoms with Crippen molar-refractivity contribution in [2.45, 2.75) is 9.79 Å². The summed E-state index contributed by atoms with van der Waals surface area (Å²) in [6, 6.07) is 35.3. The van der Waals surface area contributed by atoms with Gasteiger partial charge in [-0.15, -0.1) is 0 Å². The number of rotatable bonds is 8. The fourth-order valence-electron chi connectivity index (χ4n) is 4.54. The molecule has 6 aromatic carbocycles. The second-order valence-electron chi connectivity index (χ2n) is 9.70. The van der Waals surface area contributed by atoms with Gasteiger partial charge < -0.3 is 19.0 Å². The highest BCUT2D eigenvalue weighted by Crippen LogP contribution is 2.29. The third kappa shape index (κ3) is 6.33. The van der Waals surface area contributed by atoms with Gasteiger partial charge in [-0.2, -0.15) is 16.8 Å². The van der Waals surface area contributed by atoms with Crippen molar-refractivity contribution in [2.75, 3.05) is 10.6 Å². The second-order valence-corrected chi connectivity index (χ2v) is 12.8. The smallest absolute Gasteiger partial charge is 0.339 e. The van der Waals surface area contributed by atoms with Crippen LogP contribution in [0.25, 0.3) is 21.5 Å². The third-order valence-electron chi connectivity index (χ3n) is 6.65.